The van der Waals surface area contributed by atoms with Crippen LogP contribution in [-0.2, 0) is 0 Å². The van der Waals surface area contributed by atoms with Crippen molar-refractivity contribution in [3.8, 4) is 0 Å². The molecule has 3 aromatic rings. The molecule has 2 N–H and O–H groups in total. The van der Waals surface area contributed by atoms with Gasteiger partial charge in [0.1, 0.15) is 0 Å². The van der Waals surface area contributed by atoms with Crippen molar-refractivity contribution in [2.45, 2.75) is 0 Å². The number of Topliss-reactive ketones (excluding diaryl/α,β-unsaturated/α-hetero) is 2. The first-order valence-corrected chi connectivity index (χ1v) is 6.60. The van der Waals surface area contributed by atoms with E-state index in [2.05, 4.69) is 0 Å². The molecule has 4 rings (SSSR count). The van der Waals surface area contributed by atoms with E-state index in [1.54, 1.807) is 24.3 Å². The molecular formula is C18H13NO2. The number of nitrogen functional groups attached to an aromatic ring is 1. The first-order chi connectivity index (χ1) is 10.2. The molecule has 3 aromatic carbocycles. The van der Waals surface area contributed by atoms with Crippen LogP contribution in [0.1, 0.15) is 20.7 Å². The molecule has 0 atom stereocenters. The summed E-state index contributed by atoms with van der Waals surface area (Å²) in [7, 11) is 0. The molecule has 0 radical (unpaired) electrons. The number of rotatable bonds is 0. The minimum atomic E-state index is -0.378. The van der Waals surface area contributed by atoms with Gasteiger partial charge in [-0.05, 0) is 17.5 Å². The lowest BCUT2D eigenvalue weighted by atomic mass is 10.1. The molecule has 0 heterocycles. The number of anilines is 1. The van der Waals surface area contributed by atoms with Crippen LogP contribution in [0.2, 0.25) is 0 Å². The summed E-state index contributed by atoms with van der Waals surface area (Å²) in [5, 5.41) is 1.77. The van der Waals surface area contributed by atoms with Gasteiger partial charge in [-0.2, -0.15) is 0 Å². The smallest absolute Gasteiger partial charge is 0.234 e. The number of hydrogen-bond donors (Lipinski definition) is 1. The van der Waals surface area contributed by atoms with Gasteiger partial charge in [-0.15, -0.1) is 0 Å². The lowest BCUT2D eigenvalue weighted by molar-refractivity contribution is 0.0825. The Labute approximate surface area is 122 Å². The fourth-order valence-corrected chi connectivity index (χ4v) is 2.42. The van der Waals surface area contributed by atoms with E-state index in [1.165, 1.54) is 0 Å². The van der Waals surface area contributed by atoms with Gasteiger partial charge in [0, 0.05) is 22.2 Å². The molecule has 0 amide bonds. The second-order valence-electron chi connectivity index (χ2n) is 4.78. The van der Waals surface area contributed by atoms with E-state index in [4.69, 9.17) is 5.73 Å². The fraction of sp³-hybridized carbons (Fsp3) is 0. The largest absolute Gasteiger partial charge is 0.399 e. The molecule has 0 saturated carbocycles. The number of nitrogens with two attached hydrogens (primary N) is 1. The van der Waals surface area contributed by atoms with Gasteiger partial charge in [-0.25, -0.2) is 0 Å². The van der Waals surface area contributed by atoms with Crippen molar-refractivity contribution in [2.24, 2.45) is 0 Å². The lowest BCUT2D eigenvalue weighted by Gasteiger charge is -1.97. The predicted octanol–water partition coefficient (Wildman–Crippen LogP) is 3.49. The van der Waals surface area contributed by atoms with Crippen LogP contribution in [0.15, 0.2) is 66.7 Å². The lowest BCUT2D eigenvalue weighted by Crippen LogP contribution is -2.05. The van der Waals surface area contributed by atoms with Gasteiger partial charge in [0.05, 0.1) is 0 Å². The second kappa shape index (κ2) is 5.21. The van der Waals surface area contributed by atoms with Gasteiger partial charge >= 0.3 is 0 Å². The third-order valence-electron chi connectivity index (χ3n) is 3.40. The molecule has 3 nitrogen and oxygen atoms in total. The molecule has 21 heavy (non-hydrogen) atoms. The Hall–Kier alpha value is -2.94. The third-order valence-corrected chi connectivity index (χ3v) is 3.40. The van der Waals surface area contributed by atoms with Crippen molar-refractivity contribution >= 4 is 28.0 Å². The summed E-state index contributed by atoms with van der Waals surface area (Å²) in [4.78, 5) is 23.1. The maximum Gasteiger partial charge on any atom is 0.234 e. The maximum atomic E-state index is 11.5. The van der Waals surface area contributed by atoms with Crippen LogP contribution in [0.4, 0.5) is 5.69 Å². The predicted molar refractivity (Wildman–Crippen MR) is 83.5 cm³/mol. The summed E-state index contributed by atoms with van der Waals surface area (Å²) >= 11 is 0. The standard InChI is InChI=1S/C12H6O2.C6H7N/c13-11-8-5-1-3-7-4-2-6-9(10(7)8)12(11)14;7-6-4-2-1-3-5-6/h1-6H;1-5H,7H2. The number of para-hydroxylation sites is 1. The first-order valence-electron chi connectivity index (χ1n) is 6.60. The van der Waals surface area contributed by atoms with E-state index in [9.17, 15) is 9.59 Å². The highest BCUT2D eigenvalue weighted by atomic mass is 16.2. The molecule has 0 fully saturated rings. The number of benzene rings is 3. The second-order valence-corrected chi connectivity index (χ2v) is 4.78. The molecule has 3 heteroatoms. The van der Waals surface area contributed by atoms with Crippen LogP contribution in [0.25, 0.3) is 10.8 Å². The van der Waals surface area contributed by atoms with E-state index in [1.807, 2.05) is 42.5 Å². The Balaban J connectivity index is 0.000000160. The van der Waals surface area contributed by atoms with Gasteiger partial charge in [-0.3, -0.25) is 9.59 Å². The van der Waals surface area contributed by atoms with E-state index < -0.39 is 0 Å². The monoisotopic (exact) mass is 275 g/mol. The minimum Gasteiger partial charge on any atom is -0.399 e. The quantitative estimate of drug-likeness (QED) is 0.504. The Morgan fingerprint density at radius 3 is 1.57 bits per heavy atom. The van der Waals surface area contributed by atoms with Crippen molar-refractivity contribution in [3.05, 3.63) is 77.9 Å². The summed E-state index contributed by atoms with van der Waals surface area (Å²) in [5.41, 5.74) is 7.27. The molecule has 0 saturated heterocycles. The zero-order valence-corrected chi connectivity index (χ0v) is 11.2. The van der Waals surface area contributed by atoms with Gasteiger partial charge < -0.3 is 5.73 Å². The van der Waals surface area contributed by atoms with Crippen molar-refractivity contribution in [1.82, 2.24) is 0 Å². The summed E-state index contributed by atoms with van der Waals surface area (Å²) in [5.74, 6) is -0.756. The highest BCUT2D eigenvalue weighted by Gasteiger charge is 2.29. The van der Waals surface area contributed by atoms with E-state index in [-0.39, 0.29) is 11.6 Å². The van der Waals surface area contributed by atoms with Gasteiger partial charge in [0.15, 0.2) is 0 Å². The van der Waals surface area contributed by atoms with Crippen LogP contribution < -0.4 is 5.73 Å². The number of carbonyl (C=O) groups excluding carboxylic acids is 2. The van der Waals surface area contributed by atoms with Gasteiger partial charge in [-0.1, -0.05) is 54.6 Å². The Kier molecular flexibility index (Phi) is 3.24. The topological polar surface area (TPSA) is 60.2 Å². The SMILES string of the molecule is Nc1ccccc1.O=C1C(=O)c2cccc3cccc1c23. The fourth-order valence-electron chi connectivity index (χ4n) is 2.42. The van der Waals surface area contributed by atoms with Crippen LogP contribution in [0, 0.1) is 0 Å². The summed E-state index contributed by atoms with van der Waals surface area (Å²) < 4.78 is 0. The number of hydrogen-bond acceptors (Lipinski definition) is 3. The summed E-state index contributed by atoms with van der Waals surface area (Å²) in [6, 6.07) is 20.3. The van der Waals surface area contributed by atoms with E-state index >= 15 is 0 Å². The summed E-state index contributed by atoms with van der Waals surface area (Å²) in [6.07, 6.45) is 0. The molecule has 102 valence electrons. The zero-order chi connectivity index (χ0) is 14.8. The molecule has 1 aliphatic rings. The molecule has 0 bridgehead atoms. The number of ketones is 2. The molecular weight excluding hydrogens is 262 g/mol. The molecule has 0 spiro atoms. The molecule has 0 unspecified atom stereocenters. The van der Waals surface area contributed by atoms with E-state index in [0.29, 0.717) is 11.1 Å². The van der Waals surface area contributed by atoms with Crippen molar-refractivity contribution < 1.29 is 9.59 Å². The molecule has 0 aromatic heterocycles. The molecule has 0 aliphatic heterocycles. The highest BCUT2D eigenvalue weighted by molar-refractivity contribution is 6.57. The van der Waals surface area contributed by atoms with E-state index in [0.717, 1.165) is 16.5 Å². The van der Waals surface area contributed by atoms with Crippen molar-refractivity contribution in [1.29, 1.82) is 0 Å². The zero-order valence-electron chi connectivity index (χ0n) is 11.2. The van der Waals surface area contributed by atoms with Gasteiger partial charge in [0.2, 0.25) is 11.6 Å². The maximum absolute atomic E-state index is 11.5. The first kappa shape index (κ1) is 13.1. The Bertz CT molecular complexity index is 789. The normalized spacial score (nSPS) is 12.2. The minimum absolute atomic E-state index is 0.378. The average Bonchev–Trinajstić information content (AvgIpc) is 2.77. The van der Waals surface area contributed by atoms with Crippen LogP contribution >= 0.6 is 0 Å². The van der Waals surface area contributed by atoms with Crippen LogP contribution in [0.3, 0.4) is 0 Å². The molecule has 1 aliphatic carbocycles. The average molecular weight is 275 g/mol. The van der Waals surface area contributed by atoms with Gasteiger partial charge in [0.25, 0.3) is 0 Å². The van der Waals surface area contributed by atoms with Crippen LogP contribution in [-0.4, -0.2) is 11.6 Å². The highest BCUT2D eigenvalue weighted by Crippen LogP contribution is 2.30. The Morgan fingerprint density at radius 2 is 1.14 bits per heavy atom. The van der Waals surface area contributed by atoms with Crippen LogP contribution in [0.5, 0.6) is 0 Å². The van der Waals surface area contributed by atoms with Crippen molar-refractivity contribution in [2.75, 3.05) is 5.73 Å². The number of carbonyl (C=O) groups is 2. The van der Waals surface area contributed by atoms with Crippen molar-refractivity contribution in [3.63, 3.8) is 0 Å². The third kappa shape index (κ3) is 2.30. The Morgan fingerprint density at radius 1 is 0.619 bits per heavy atom. The summed E-state index contributed by atoms with van der Waals surface area (Å²) in [6.45, 7) is 0.